The molecule has 0 saturated carbocycles. The highest BCUT2D eigenvalue weighted by molar-refractivity contribution is 5.76. The van der Waals surface area contributed by atoms with Crippen LogP contribution in [0.2, 0.25) is 0 Å². The smallest absolute Gasteiger partial charge is 0.397 e. The third kappa shape index (κ3) is 6.69. The minimum atomic E-state index is -4.48. The van der Waals surface area contributed by atoms with Crippen LogP contribution in [0.5, 0.6) is 5.75 Å². The fourth-order valence-corrected chi connectivity index (χ4v) is 1.41. The number of carbonyl (C=O) groups excluding carboxylic acids is 1. The van der Waals surface area contributed by atoms with E-state index in [1.807, 2.05) is 19.1 Å². The van der Waals surface area contributed by atoms with Crippen LogP contribution in [0.4, 0.5) is 13.2 Å². The van der Waals surface area contributed by atoms with Crippen LogP contribution in [0, 0.1) is 6.92 Å². The molecule has 0 spiro atoms. The second-order valence-electron chi connectivity index (χ2n) is 4.38. The Morgan fingerprint density at radius 2 is 1.89 bits per heavy atom. The second-order valence-corrected chi connectivity index (χ2v) is 4.38. The Balaban J connectivity index is 2.33. The maximum atomic E-state index is 12.0. The quantitative estimate of drug-likeness (QED) is 0.897. The second kappa shape index (κ2) is 6.45. The van der Waals surface area contributed by atoms with E-state index in [1.165, 1.54) is 0 Å². The van der Waals surface area contributed by atoms with Gasteiger partial charge < -0.3 is 10.1 Å². The molecule has 0 bridgehead atoms. The zero-order chi connectivity index (χ0) is 14.5. The number of aryl methyl sites for hydroxylation is 1. The average Bonchev–Trinajstić information content (AvgIpc) is 2.25. The van der Waals surface area contributed by atoms with Crippen LogP contribution >= 0.6 is 0 Å². The van der Waals surface area contributed by atoms with E-state index in [2.05, 4.69) is 5.32 Å². The summed E-state index contributed by atoms with van der Waals surface area (Å²) in [7, 11) is 0. The van der Waals surface area contributed by atoms with Crippen LogP contribution in [-0.4, -0.2) is 24.7 Å². The number of amides is 1. The molecular formula is C13H16F3NO2. The molecule has 1 rings (SSSR count). The fourth-order valence-electron chi connectivity index (χ4n) is 1.41. The summed E-state index contributed by atoms with van der Waals surface area (Å²) in [6.45, 7) is 3.64. The summed E-state index contributed by atoms with van der Waals surface area (Å²) in [5, 5.41) is 2.23. The first kappa shape index (κ1) is 15.3. The third-order valence-electron chi connectivity index (χ3n) is 2.29. The summed E-state index contributed by atoms with van der Waals surface area (Å²) >= 11 is 0. The Labute approximate surface area is 109 Å². The van der Waals surface area contributed by atoms with Gasteiger partial charge in [-0.15, -0.1) is 0 Å². The molecule has 1 aromatic carbocycles. The van der Waals surface area contributed by atoms with Crippen LogP contribution in [0.3, 0.4) is 0 Å². The van der Waals surface area contributed by atoms with Gasteiger partial charge in [0.1, 0.15) is 18.8 Å². The number of alkyl halides is 3. The highest BCUT2D eigenvalue weighted by Crippen LogP contribution is 2.19. The molecule has 0 saturated heterocycles. The Bertz CT molecular complexity index is 415. The van der Waals surface area contributed by atoms with Crippen molar-refractivity contribution < 1.29 is 22.7 Å². The highest BCUT2D eigenvalue weighted by atomic mass is 19.4. The lowest BCUT2D eigenvalue weighted by molar-refractivity contribution is -0.154. The van der Waals surface area contributed by atoms with Crippen molar-refractivity contribution in [1.29, 1.82) is 0 Å². The van der Waals surface area contributed by atoms with E-state index in [0.717, 1.165) is 5.56 Å². The number of halogens is 3. The number of nitrogens with one attached hydrogen (secondary N) is 1. The van der Waals surface area contributed by atoms with Gasteiger partial charge in [-0.3, -0.25) is 4.79 Å². The lowest BCUT2D eigenvalue weighted by Gasteiger charge is -2.15. The molecule has 0 radical (unpaired) electrons. The van der Waals surface area contributed by atoms with Crippen LogP contribution in [-0.2, 0) is 4.79 Å². The molecular weight excluding hydrogens is 259 g/mol. The Hall–Kier alpha value is -1.72. The molecule has 0 aliphatic carbocycles. The first-order valence-corrected chi connectivity index (χ1v) is 5.82. The minimum absolute atomic E-state index is 0.118. The lowest BCUT2D eigenvalue weighted by Crippen LogP contribution is -2.38. The van der Waals surface area contributed by atoms with Crippen LogP contribution < -0.4 is 10.1 Å². The van der Waals surface area contributed by atoms with Gasteiger partial charge in [0.2, 0.25) is 5.91 Å². The number of rotatable bonds is 5. The van der Waals surface area contributed by atoms with Crippen molar-refractivity contribution in [3.8, 4) is 5.75 Å². The largest absolute Gasteiger partial charge is 0.491 e. The molecule has 106 valence electrons. The van der Waals surface area contributed by atoms with Gasteiger partial charge in [-0.2, -0.15) is 13.2 Å². The van der Waals surface area contributed by atoms with Crippen molar-refractivity contribution in [3.63, 3.8) is 0 Å². The molecule has 0 aromatic heterocycles. The van der Waals surface area contributed by atoms with Crippen molar-refractivity contribution in [2.45, 2.75) is 32.5 Å². The zero-order valence-electron chi connectivity index (χ0n) is 10.8. The van der Waals surface area contributed by atoms with Crippen LogP contribution in [0.25, 0.3) is 0 Å². The monoisotopic (exact) mass is 275 g/mol. The summed E-state index contributed by atoms with van der Waals surface area (Å²) < 4.78 is 41.2. The third-order valence-corrected chi connectivity index (χ3v) is 2.29. The molecule has 0 unspecified atom stereocenters. The first-order valence-electron chi connectivity index (χ1n) is 5.82. The molecule has 1 amide bonds. The van der Waals surface area contributed by atoms with E-state index >= 15 is 0 Å². The maximum Gasteiger partial charge on any atom is 0.397 e. The predicted molar refractivity (Wildman–Crippen MR) is 65.0 cm³/mol. The van der Waals surface area contributed by atoms with E-state index in [0.29, 0.717) is 5.75 Å². The average molecular weight is 275 g/mol. The molecule has 1 aromatic rings. The van der Waals surface area contributed by atoms with Crippen molar-refractivity contribution >= 4 is 5.91 Å². The summed E-state index contributed by atoms with van der Waals surface area (Å²) in [6.07, 6.45) is -5.95. The lowest BCUT2D eigenvalue weighted by atomic mass is 10.2. The summed E-state index contributed by atoms with van der Waals surface area (Å²) in [5.74, 6) is -0.435. The maximum absolute atomic E-state index is 12.0. The highest BCUT2D eigenvalue weighted by Gasteiger charge is 2.31. The molecule has 1 N–H and O–H groups in total. The normalized spacial score (nSPS) is 12.9. The molecule has 6 heteroatoms. The van der Waals surface area contributed by atoms with Crippen LogP contribution in [0.15, 0.2) is 24.3 Å². The molecule has 0 aliphatic rings. The van der Waals surface area contributed by atoms with Crippen molar-refractivity contribution in [3.05, 3.63) is 29.8 Å². The van der Waals surface area contributed by atoms with Gasteiger partial charge in [0.25, 0.3) is 0 Å². The van der Waals surface area contributed by atoms with E-state index in [4.69, 9.17) is 4.74 Å². The van der Waals surface area contributed by atoms with Crippen molar-refractivity contribution in [2.75, 3.05) is 6.61 Å². The first-order chi connectivity index (χ1) is 8.76. The van der Waals surface area contributed by atoms with E-state index in [-0.39, 0.29) is 6.61 Å². The van der Waals surface area contributed by atoms with Gasteiger partial charge in [-0.25, -0.2) is 0 Å². The number of hydrogen-bond acceptors (Lipinski definition) is 2. The van der Waals surface area contributed by atoms with Gasteiger partial charge in [-0.1, -0.05) is 17.7 Å². The van der Waals surface area contributed by atoms with Crippen LogP contribution in [0.1, 0.15) is 18.9 Å². The number of carbonyl (C=O) groups is 1. The van der Waals surface area contributed by atoms with Crippen molar-refractivity contribution in [2.24, 2.45) is 0 Å². The van der Waals surface area contributed by atoms with Gasteiger partial charge in [-0.05, 0) is 26.0 Å². The topological polar surface area (TPSA) is 38.3 Å². The number of ether oxygens (including phenoxy) is 1. The summed E-state index contributed by atoms with van der Waals surface area (Å²) in [6, 6.07) is 6.76. The summed E-state index contributed by atoms with van der Waals surface area (Å²) in [4.78, 5) is 11.0. The molecule has 3 nitrogen and oxygen atoms in total. The Morgan fingerprint density at radius 3 is 2.42 bits per heavy atom. The summed E-state index contributed by atoms with van der Waals surface area (Å²) in [5.41, 5.74) is 1.08. The molecule has 0 heterocycles. The zero-order valence-corrected chi connectivity index (χ0v) is 10.8. The van der Waals surface area contributed by atoms with E-state index in [9.17, 15) is 18.0 Å². The molecule has 19 heavy (non-hydrogen) atoms. The van der Waals surface area contributed by atoms with Gasteiger partial charge in [0.15, 0.2) is 0 Å². The number of hydrogen-bond donors (Lipinski definition) is 1. The van der Waals surface area contributed by atoms with Gasteiger partial charge in [0.05, 0.1) is 6.04 Å². The Kier molecular flexibility index (Phi) is 5.20. The van der Waals surface area contributed by atoms with Crippen molar-refractivity contribution in [1.82, 2.24) is 5.32 Å². The molecule has 0 aliphatic heterocycles. The fraction of sp³-hybridized carbons (Fsp3) is 0.462. The molecule has 1 atom stereocenters. The number of benzene rings is 1. The van der Waals surface area contributed by atoms with E-state index < -0.39 is 24.5 Å². The standard InChI is InChI=1S/C13H16F3NO2/c1-9-3-5-11(6-4-9)19-8-10(2)17-12(18)7-13(14,15)16/h3-6,10H,7-8H2,1-2H3,(H,17,18)/t10-/m0/s1. The van der Waals surface area contributed by atoms with E-state index in [1.54, 1.807) is 19.1 Å². The Morgan fingerprint density at radius 1 is 1.32 bits per heavy atom. The SMILES string of the molecule is Cc1ccc(OC[C@H](C)NC(=O)CC(F)(F)F)cc1. The van der Waals surface area contributed by atoms with Gasteiger partial charge in [0, 0.05) is 0 Å². The minimum Gasteiger partial charge on any atom is -0.491 e. The molecule has 0 fully saturated rings. The van der Waals surface area contributed by atoms with Gasteiger partial charge >= 0.3 is 6.18 Å². The predicted octanol–water partition coefficient (Wildman–Crippen LogP) is 2.83.